The fourth-order valence-corrected chi connectivity index (χ4v) is 2.11. The number of nitrogens with zero attached hydrogens (tertiary/aromatic N) is 3. The molecule has 1 rings (SSSR count). The van der Waals surface area contributed by atoms with Gasteiger partial charge in [0.25, 0.3) is 0 Å². The van der Waals surface area contributed by atoms with Crippen LogP contribution in [0.2, 0.25) is 0 Å². The molecule has 1 atom stereocenters. The largest absolute Gasteiger partial charge is 0.434 e. The second-order valence-corrected chi connectivity index (χ2v) is 7.56. The molecular weight excluding hydrogens is 370 g/mol. The standard InChI is InChI=1S/C17H29N5O6/c1-12(24)16(2,3)19-10-13(11-23)28-20-17(4,5)14(25)6-8-21-9-7-18-15(21)22(26)27/h7,9,13,19-20,23H,6,8,10-11H2,1-5H3. The molecule has 0 amide bonds. The minimum Gasteiger partial charge on any atom is -0.394 e. The molecule has 0 spiro atoms. The summed E-state index contributed by atoms with van der Waals surface area (Å²) in [6, 6.07) is 0. The molecule has 1 unspecified atom stereocenters. The minimum absolute atomic E-state index is 0.0277. The Bertz CT molecular complexity index is 700. The first-order chi connectivity index (χ1) is 12.9. The first-order valence-electron chi connectivity index (χ1n) is 8.89. The number of imidazole rings is 1. The number of aliphatic hydroxyl groups is 1. The number of ketones is 2. The minimum atomic E-state index is -1.08. The molecule has 0 saturated heterocycles. The lowest BCUT2D eigenvalue weighted by Crippen LogP contribution is -2.53. The number of hydroxylamine groups is 1. The Labute approximate surface area is 163 Å². The Morgan fingerprint density at radius 3 is 2.54 bits per heavy atom. The summed E-state index contributed by atoms with van der Waals surface area (Å²) >= 11 is 0. The van der Waals surface area contributed by atoms with Crippen molar-refractivity contribution in [2.45, 2.75) is 64.8 Å². The molecule has 0 aliphatic rings. The first-order valence-corrected chi connectivity index (χ1v) is 8.89. The van der Waals surface area contributed by atoms with Crippen LogP contribution < -0.4 is 10.8 Å². The van der Waals surface area contributed by atoms with E-state index < -0.39 is 22.1 Å². The van der Waals surface area contributed by atoms with Gasteiger partial charge in [-0.2, -0.15) is 5.48 Å². The number of hydrogen-bond donors (Lipinski definition) is 3. The van der Waals surface area contributed by atoms with E-state index in [2.05, 4.69) is 15.8 Å². The van der Waals surface area contributed by atoms with E-state index >= 15 is 0 Å². The highest BCUT2D eigenvalue weighted by atomic mass is 16.7. The van der Waals surface area contributed by atoms with Crippen LogP contribution in [-0.2, 0) is 21.0 Å². The van der Waals surface area contributed by atoms with Gasteiger partial charge in [0.05, 0.1) is 24.2 Å². The van der Waals surface area contributed by atoms with E-state index in [0.29, 0.717) is 0 Å². The lowest BCUT2D eigenvalue weighted by molar-refractivity contribution is -0.396. The van der Waals surface area contributed by atoms with Crippen LogP contribution in [0.15, 0.2) is 12.4 Å². The highest BCUT2D eigenvalue weighted by Gasteiger charge is 2.30. The number of nitrogens with one attached hydrogen (secondary N) is 2. The van der Waals surface area contributed by atoms with E-state index in [1.54, 1.807) is 27.7 Å². The van der Waals surface area contributed by atoms with Gasteiger partial charge in [-0.1, -0.05) is 4.98 Å². The number of aromatic nitrogens is 2. The van der Waals surface area contributed by atoms with Gasteiger partial charge in [0.1, 0.15) is 24.3 Å². The second kappa shape index (κ2) is 9.82. The zero-order chi connectivity index (χ0) is 21.5. The van der Waals surface area contributed by atoms with Crippen LogP contribution in [0.25, 0.3) is 0 Å². The highest BCUT2D eigenvalue weighted by molar-refractivity contribution is 5.87. The first kappa shape index (κ1) is 23.8. The molecule has 11 heteroatoms. The lowest BCUT2D eigenvalue weighted by atomic mass is 9.98. The quantitative estimate of drug-likeness (QED) is 0.316. The number of nitro groups is 1. The summed E-state index contributed by atoms with van der Waals surface area (Å²) in [5.41, 5.74) is 0.803. The van der Waals surface area contributed by atoms with Crippen LogP contribution in [0.3, 0.4) is 0 Å². The number of rotatable bonds is 13. The summed E-state index contributed by atoms with van der Waals surface area (Å²) in [6.45, 7) is 8.11. The number of carbonyl (C=O) groups is 2. The highest BCUT2D eigenvalue weighted by Crippen LogP contribution is 2.13. The third kappa shape index (κ3) is 6.75. The van der Waals surface area contributed by atoms with Gasteiger partial charge in [-0.3, -0.25) is 14.4 Å². The van der Waals surface area contributed by atoms with Crippen molar-refractivity contribution >= 4 is 17.5 Å². The summed E-state index contributed by atoms with van der Waals surface area (Å²) < 4.78 is 1.29. The van der Waals surface area contributed by atoms with Crippen LogP contribution in [0.1, 0.15) is 41.0 Å². The van der Waals surface area contributed by atoms with E-state index in [1.165, 1.54) is 23.9 Å². The Morgan fingerprint density at radius 2 is 2.00 bits per heavy atom. The molecule has 3 N–H and O–H groups in total. The van der Waals surface area contributed by atoms with Crippen LogP contribution >= 0.6 is 0 Å². The van der Waals surface area contributed by atoms with E-state index in [1.807, 2.05) is 0 Å². The normalized spacial score (nSPS) is 13.4. The predicted octanol–water partition coefficient (Wildman–Crippen LogP) is 0.368. The SMILES string of the molecule is CC(=O)C(C)(C)NCC(CO)ONC(C)(C)C(=O)CCn1ccnc1[N+](=O)[O-]. The van der Waals surface area contributed by atoms with Crippen LogP contribution in [-0.4, -0.2) is 61.5 Å². The summed E-state index contributed by atoms with van der Waals surface area (Å²) in [4.78, 5) is 43.3. The van der Waals surface area contributed by atoms with Crippen molar-refractivity contribution in [3.63, 3.8) is 0 Å². The van der Waals surface area contributed by atoms with Gasteiger partial charge < -0.3 is 20.5 Å². The number of Topliss-reactive ketones (excluding diaryl/α,β-unsaturated/α-hetero) is 2. The third-order valence-electron chi connectivity index (χ3n) is 4.47. The maximum Gasteiger partial charge on any atom is 0.434 e. The van der Waals surface area contributed by atoms with Gasteiger partial charge in [-0.25, -0.2) is 4.57 Å². The Kier molecular flexibility index (Phi) is 8.36. The third-order valence-corrected chi connectivity index (χ3v) is 4.47. The van der Waals surface area contributed by atoms with Crippen LogP contribution in [0, 0.1) is 10.1 Å². The smallest absolute Gasteiger partial charge is 0.394 e. The van der Waals surface area contributed by atoms with E-state index in [0.717, 1.165) is 0 Å². The number of aryl methyl sites for hydroxylation is 1. The van der Waals surface area contributed by atoms with Gasteiger partial charge >= 0.3 is 5.95 Å². The maximum absolute atomic E-state index is 12.5. The lowest BCUT2D eigenvalue weighted by Gasteiger charge is -2.29. The fourth-order valence-electron chi connectivity index (χ4n) is 2.11. The maximum atomic E-state index is 12.5. The van der Waals surface area contributed by atoms with Crippen LogP contribution in [0.4, 0.5) is 5.95 Å². The molecule has 11 nitrogen and oxygen atoms in total. The molecule has 0 aliphatic carbocycles. The summed E-state index contributed by atoms with van der Waals surface area (Å²) in [6.07, 6.45) is 2.09. The van der Waals surface area contributed by atoms with Crippen molar-refractivity contribution in [1.82, 2.24) is 20.3 Å². The average Bonchev–Trinajstić information content (AvgIpc) is 3.08. The molecule has 0 aliphatic heterocycles. The van der Waals surface area contributed by atoms with Gasteiger partial charge in [0.15, 0.2) is 5.78 Å². The summed E-state index contributed by atoms with van der Waals surface area (Å²) in [5, 5.41) is 23.3. The topological polar surface area (TPSA) is 149 Å². The van der Waals surface area contributed by atoms with Crippen molar-refractivity contribution in [3.8, 4) is 0 Å². The number of hydrogen-bond acceptors (Lipinski definition) is 9. The number of aliphatic hydroxyl groups excluding tert-OH is 1. The zero-order valence-corrected chi connectivity index (χ0v) is 16.9. The van der Waals surface area contributed by atoms with Gasteiger partial charge in [0.2, 0.25) is 0 Å². The van der Waals surface area contributed by atoms with E-state index in [-0.39, 0.29) is 43.6 Å². The van der Waals surface area contributed by atoms with Gasteiger partial charge in [0, 0.05) is 13.0 Å². The summed E-state index contributed by atoms with van der Waals surface area (Å²) in [7, 11) is 0. The Balaban J connectivity index is 2.56. The number of carbonyl (C=O) groups excluding carboxylic acids is 2. The molecule has 0 aromatic carbocycles. The van der Waals surface area contributed by atoms with Gasteiger partial charge in [-0.15, -0.1) is 0 Å². The van der Waals surface area contributed by atoms with Crippen molar-refractivity contribution in [1.29, 1.82) is 0 Å². The molecule has 1 aromatic heterocycles. The van der Waals surface area contributed by atoms with Crippen LogP contribution in [0.5, 0.6) is 0 Å². The predicted molar refractivity (Wildman–Crippen MR) is 100 cm³/mol. The molecule has 0 radical (unpaired) electrons. The Hall–Kier alpha value is -2.21. The molecule has 158 valence electrons. The van der Waals surface area contributed by atoms with Gasteiger partial charge in [-0.05, 0) is 39.5 Å². The molecular formula is C17H29N5O6. The van der Waals surface area contributed by atoms with Crippen molar-refractivity contribution in [2.24, 2.45) is 0 Å². The molecule has 28 heavy (non-hydrogen) atoms. The molecule has 1 aromatic rings. The van der Waals surface area contributed by atoms with Crippen molar-refractivity contribution < 1.29 is 24.5 Å². The molecule has 0 bridgehead atoms. The van der Waals surface area contributed by atoms with E-state index in [9.17, 15) is 24.8 Å². The average molecular weight is 399 g/mol. The fraction of sp³-hybridized carbons (Fsp3) is 0.706. The summed E-state index contributed by atoms with van der Waals surface area (Å²) in [5.74, 6) is -0.611. The molecule has 1 heterocycles. The monoisotopic (exact) mass is 399 g/mol. The van der Waals surface area contributed by atoms with Crippen molar-refractivity contribution in [2.75, 3.05) is 13.2 Å². The van der Waals surface area contributed by atoms with Crippen molar-refractivity contribution in [3.05, 3.63) is 22.5 Å². The Morgan fingerprint density at radius 1 is 1.36 bits per heavy atom. The zero-order valence-electron chi connectivity index (χ0n) is 16.9. The van der Waals surface area contributed by atoms with E-state index in [4.69, 9.17) is 4.84 Å². The molecule has 0 fully saturated rings. The molecule has 0 saturated carbocycles. The second-order valence-electron chi connectivity index (χ2n) is 7.56.